The third kappa shape index (κ3) is 3.45. The second kappa shape index (κ2) is 6.17. The zero-order valence-electron chi connectivity index (χ0n) is 14.1. The zero-order chi connectivity index (χ0) is 15.8. The van der Waals surface area contributed by atoms with E-state index in [4.69, 9.17) is 4.74 Å². The Kier molecular flexibility index (Phi) is 5.06. The van der Waals surface area contributed by atoms with Crippen molar-refractivity contribution in [3.63, 3.8) is 0 Å². The van der Waals surface area contributed by atoms with Gasteiger partial charge in [-0.15, -0.1) is 0 Å². The molecule has 124 valence electrons. The first kappa shape index (κ1) is 17.2. The molecule has 0 amide bonds. The van der Waals surface area contributed by atoms with E-state index in [1.165, 1.54) is 0 Å². The van der Waals surface area contributed by atoms with Crippen molar-refractivity contribution in [3.05, 3.63) is 0 Å². The van der Waals surface area contributed by atoms with Crippen LogP contribution in [0.3, 0.4) is 0 Å². The number of rotatable bonds is 3. The van der Waals surface area contributed by atoms with Crippen LogP contribution in [0.25, 0.3) is 0 Å². The van der Waals surface area contributed by atoms with Gasteiger partial charge in [-0.2, -0.15) is 0 Å². The molecule has 1 N–H and O–H groups in total. The maximum atomic E-state index is 13.1. The van der Waals surface area contributed by atoms with Crippen molar-refractivity contribution < 1.29 is 13.2 Å². The summed E-state index contributed by atoms with van der Waals surface area (Å²) in [7, 11) is -1.26. The second-order valence-corrected chi connectivity index (χ2v) is 10.2. The van der Waals surface area contributed by atoms with Crippen LogP contribution in [0.1, 0.15) is 53.4 Å². The van der Waals surface area contributed by atoms with Gasteiger partial charge in [0.25, 0.3) is 0 Å². The van der Waals surface area contributed by atoms with Crippen LogP contribution in [-0.2, 0) is 14.6 Å². The van der Waals surface area contributed by atoms with Crippen LogP contribution in [0.2, 0.25) is 0 Å². The maximum absolute atomic E-state index is 13.1. The quantitative estimate of drug-likeness (QED) is 0.868. The summed E-state index contributed by atoms with van der Waals surface area (Å²) in [6.07, 6.45) is 3.32. The van der Waals surface area contributed by atoms with Crippen LogP contribution in [-0.4, -0.2) is 44.7 Å². The SMILES string of the molecule is CNC1CCC(C(C)(C)C)CC1S(=O)(=O)C1CCOC1C. The first-order valence-electron chi connectivity index (χ1n) is 8.19. The fourth-order valence-electron chi connectivity index (χ4n) is 3.98. The molecule has 5 unspecified atom stereocenters. The Morgan fingerprint density at radius 2 is 1.76 bits per heavy atom. The maximum Gasteiger partial charge on any atom is 0.160 e. The minimum absolute atomic E-state index is 0.0846. The monoisotopic (exact) mass is 317 g/mol. The van der Waals surface area contributed by atoms with Crippen molar-refractivity contribution in [2.75, 3.05) is 13.7 Å². The molecular weight excluding hydrogens is 286 g/mol. The van der Waals surface area contributed by atoms with Gasteiger partial charge in [0, 0.05) is 12.6 Å². The molecule has 0 bridgehead atoms. The van der Waals surface area contributed by atoms with Gasteiger partial charge in [0.05, 0.1) is 16.6 Å². The Labute approximate surface area is 129 Å². The van der Waals surface area contributed by atoms with Crippen molar-refractivity contribution >= 4 is 9.84 Å². The van der Waals surface area contributed by atoms with Gasteiger partial charge in [0.2, 0.25) is 0 Å². The Morgan fingerprint density at radius 3 is 2.24 bits per heavy atom. The van der Waals surface area contributed by atoms with Crippen molar-refractivity contribution in [1.82, 2.24) is 5.32 Å². The average molecular weight is 317 g/mol. The molecule has 0 radical (unpaired) electrons. The summed E-state index contributed by atoms with van der Waals surface area (Å²) in [5.74, 6) is 0.472. The topological polar surface area (TPSA) is 55.4 Å². The van der Waals surface area contributed by atoms with E-state index >= 15 is 0 Å². The predicted octanol–water partition coefficient (Wildman–Crippen LogP) is 2.38. The molecule has 0 aromatic carbocycles. The summed E-state index contributed by atoms with van der Waals surface area (Å²) in [5, 5.41) is 2.66. The largest absolute Gasteiger partial charge is 0.377 e. The highest BCUT2D eigenvalue weighted by Crippen LogP contribution is 2.41. The van der Waals surface area contributed by atoms with Crippen LogP contribution in [0.4, 0.5) is 0 Å². The number of ether oxygens (including phenoxy) is 1. The summed E-state index contributed by atoms with van der Waals surface area (Å²) in [4.78, 5) is 0. The molecule has 0 aromatic heterocycles. The molecule has 1 heterocycles. The van der Waals surface area contributed by atoms with Crippen LogP contribution < -0.4 is 5.32 Å². The Balaban J connectivity index is 2.24. The van der Waals surface area contributed by atoms with Crippen molar-refractivity contribution in [1.29, 1.82) is 0 Å². The highest BCUT2D eigenvalue weighted by molar-refractivity contribution is 7.92. The van der Waals surface area contributed by atoms with Gasteiger partial charge in [-0.05, 0) is 51.0 Å². The van der Waals surface area contributed by atoms with E-state index in [1.807, 2.05) is 14.0 Å². The first-order valence-corrected chi connectivity index (χ1v) is 9.80. The lowest BCUT2D eigenvalue weighted by Crippen LogP contribution is -2.52. The van der Waals surface area contributed by atoms with Crippen LogP contribution in [0.15, 0.2) is 0 Å². The minimum atomic E-state index is -3.15. The van der Waals surface area contributed by atoms with Crippen molar-refractivity contribution in [2.24, 2.45) is 11.3 Å². The van der Waals surface area contributed by atoms with Crippen LogP contribution in [0, 0.1) is 11.3 Å². The number of hydrogen-bond acceptors (Lipinski definition) is 4. The number of sulfone groups is 1. The van der Waals surface area contributed by atoms with Gasteiger partial charge < -0.3 is 10.1 Å². The van der Waals surface area contributed by atoms with E-state index in [0.29, 0.717) is 18.9 Å². The van der Waals surface area contributed by atoms with E-state index in [9.17, 15) is 8.42 Å². The fraction of sp³-hybridized carbons (Fsp3) is 1.00. The lowest BCUT2D eigenvalue weighted by Gasteiger charge is -2.42. The van der Waals surface area contributed by atoms with Crippen LogP contribution >= 0.6 is 0 Å². The average Bonchev–Trinajstić information content (AvgIpc) is 2.84. The predicted molar refractivity (Wildman–Crippen MR) is 86.2 cm³/mol. The van der Waals surface area contributed by atoms with Crippen molar-refractivity contribution in [3.8, 4) is 0 Å². The lowest BCUT2D eigenvalue weighted by atomic mass is 9.71. The molecule has 5 heteroatoms. The molecule has 1 aliphatic carbocycles. The van der Waals surface area contributed by atoms with Gasteiger partial charge in [0.15, 0.2) is 9.84 Å². The van der Waals surface area contributed by atoms with Gasteiger partial charge in [-0.25, -0.2) is 8.42 Å². The smallest absolute Gasteiger partial charge is 0.160 e. The van der Waals surface area contributed by atoms with Gasteiger partial charge >= 0.3 is 0 Å². The Bertz CT molecular complexity index is 455. The molecule has 0 aromatic rings. The fourth-order valence-corrected chi connectivity index (χ4v) is 6.69. The molecule has 5 atom stereocenters. The summed E-state index contributed by atoms with van der Waals surface area (Å²) in [5.41, 5.74) is 0.171. The summed E-state index contributed by atoms with van der Waals surface area (Å²) in [6.45, 7) is 9.14. The molecule has 0 spiro atoms. The molecule has 1 saturated carbocycles. The molecular formula is C16H31NO3S. The summed E-state index contributed by atoms with van der Waals surface area (Å²) < 4.78 is 31.7. The van der Waals surface area contributed by atoms with E-state index in [1.54, 1.807) is 0 Å². The minimum Gasteiger partial charge on any atom is -0.377 e. The molecule has 2 rings (SSSR count). The highest BCUT2D eigenvalue weighted by atomic mass is 32.2. The van der Waals surface area contributed by atoms with E-state index in [0.717, 1.165) is 19.3 Å². The van der Waals surface area contributed by atoms with E-state index in [-0.39, 0.29) is 28.1 Å². The highest BCUT2D eigenvalue weighted by Gasteiger charge is 2.47. The third-order valence-electron chi connectivity index (χ3n) is 5.54. The third-order valence-corrected chi connectivity index (χ3v) is 8.37. The summed E-state index contributed by atoms with van der Waals surface area (Å²) in [6, 6.07) is 0.0846. The molecule has 21 heavy (non-hydrogen) atoms. The number of nitrogens with one attached hydrogen (secondary N) is 1. The lowest BCUT2D eigenvalue weighted by molar-refractivity contribution is 0.125. The standard InChI is InChI=1S/C16H31NO3S/c1-11-14(8-9-20-11)21(18,19)15-10-12(16(2,3)4)6-7-13(15)17-5/h11-15,17H,6-10H2,1-5H3. The second-order valence-electron chi connectivity index (χ2n) is 7.80. The summed E-state index contributed by atoms with van der Waals surface area (Å²) >= 11 is 0. The van der Waals surface area contributed by atoms with Crippen molar-refractivity contribution in [2.45, 2.75) is 76.0 Å². The van der Waals surface area contributed by atoms with E-state index in [2.05, 4.69) is 26.1 Å². The Morgan fingerprint density at radius 1 is 1.10 bits per heavy atom. The zero-order valence-corrected chi connectivity index (χ0v) is 14.9. The molecule has 1 aliphatic heterocycles. The van der Waals surface area contributed by atoms with Crippen LogP contribution in [0.5, 0.6) is 0 Å². The molecule has 2 aliphatic rings. The van der Waals surface area contributed by atoms with Gasteiger partial charge in [-0.1, -0.05) is 20.8 Å². The first-order chi connectivity index (χ1) is 9.67. The molecule has 1 saturated heterocycles. The normalized spacial score (nSPS) is 38.6. The van der Waals surface area contributed by atoms with Gasteiger partial charge in [0.1, 0.15) is 0 Å². The van der Waals surface area contributed by atoms with Gasteiger partial charge in [-0.3, -0.25) is 0 Å². The Hall–Kier alpha value is -0.130. The van der Waals surface area contributed by atoms with E-state index < -0.39 is 9.84 Å². The molecule has 4 nitrogen and oxygen atoms in total. The molecule has 2 fully saturated rings. The number of hydrogen-bond donors (Lipinski definition) is 1.